The van der Waals surface area contributed by atoms with Crippen LogP contribution < -0.4 is 0 Å². The van der Waals surface area contributed by atoms with Crippen molar-refractivity contribution in [2.45, 2.75) is 83.0 Å². The molecular formula is C15H28O4Si. The Kier molecular flexibility index (Phi) is 3.98. The number of hydrogen-bond donors (Lipinski definition) is 1. The van der Waals surface area contributed by atoms with Crippen LogP contribution in [0.4, 0.5) is 0 Å². The van der Waals surface area contributed by atoms with E-state index in [0.29, 0.717) is 0 Å². The lowest BCUT2D eigenvalue weighted by Crippen LogP contribution is -2.52. The highest BCUT2D eigenvalue weighted by atomic mass is 28.4. The Morgan fingerprint density at radius 2 is 1.65 bits per heavy atom. The molecule has 4 nitrogen and oxygen atoms in total. The minimum atomic E-state index is -1.89. The lowest BCUT2D eigenvalue weighted by molar-refractivity contribution is -0.155. The van der Waals surface area contributed by atoms with Crippen LogP contribution in [-0.2, 0) is 13.9 Å². The first kappa shape index (κ1) is 16.2. The summed E-state index contributed by atoms with van der Waals surface area (Å²) in [6.07, 6.45) is 2.34. The predicted octanol–water partition coefficient (Wildman–Crippen LogP) is 2.83. The van der Waals surface area contributed by atoms with Crippen LogP contribution in [0.25, 0.3) is 0 Å². The van der Waals surface area contributed by atoms with E-state index in [1.54, 1.807) is 6.08 Å². The summed E-state index contributed by atoms with van der Waals surface area (Å²) in [4.78, 5) is 0. The molecule has 0 radical (unpaired) electrons. The molecule has 0 spiro atoms. The number of hydrogen-bond acceptors (Lipinski definition) is 4. The fraction of sp³-hybridized carbons (Fsp3) is 0.867. The Hall–Kier alpha value is -0.203. The van der Waals surface area contributed by atoms with E-state index in [2.05, 4.69) is 33.9 Å². The maximum absolute atomic E-state index is 10.1. The van der Waals surface area contributed by atoms with Crippen molar-refractivity contribution in [2.24, 2.45) is 0 Å². The molecule has 1 aliphatic carbocycles. The predicted molar refractivity (Wildman–Crippen MR) is 81.0 cm³/mol. The third kappa shape index (κ3) is 3.02. The quantitative estimate of drug-likeness (QED) is 0.629. The van der Waals surface area contributed by atoms with Gasteiger partial charge in [0.1, 0.15) is 18.3 Å². The van der Waals surface area contributed by atoms with Gasteiger partial charge in [-0.2, -0.15) is 0 Å². The van der Waals surface area contributed by atoms with E-state index in [1.807, 2.05) is 19.9 Å². The summed E-state index contributed by atoms with van der Waals surface area (Å²) in [5.41, 5.74) is 0. The summed E-state index contributed by atoms with van der Waals surface area (Å²) in [6, 6.07) is 0. The van der Waals surface area contributed by atoms with E-state index in [-0.39, 0.29) is 23.4 Å². The van der Waals surface area contributed by atoms with Gasteiger partial charge in [-0.15, -0.1) is 0 Å². The Morgan fingerprint density at radius 1 is 1.10 bits per heavy atom. The van der Waals surface area contributed by atoms with Crippen LogP contribution in [0.2, 0.25) is 18.1 Å². The monoisotopic (exact) mass is 300 g/mol. The Balaban J connectivity index is 2.19. The largest absolute Gasteiger partial charge is 0.408 e. The van der Waals surface area contributed by atoms with Crippen LogP contribution in [0.15, 0.2) is 12.2 Å². The molecular weight excluding hydrogens is 272 g/mol. The summed E-state index contributed by atoms with van der Waals surface area (Å²) in [5, 5.41) is 10.2. The Bertz CT molecular complexity index is 397. The van der Waals surface area contributed by atoms with E-state index in [0.717, 1.165) is 0 Å². The van der Waals surface area contributed by atoms with Gasteiger partial charge in [0.05, 0.1) is 6.10 Å². The Labute approximate surface area is 123 Å². The summed E-state index contributed by atoms with van der Waals surface area (Å²) < 4.78 is 18.2. The minimum Gasteiger partial charge on any atom is -0.408 e. The summed E-state index contributed by atoms with van der Waals surface area (Å²) >= 11 is 0. The van der Waals surface area contributed by atoms with Crippen LogP contribution in [0.1, 0.15) is 34.6 Å². The Morgan fingerprint density at radius 3 is 2.20 bits per heavy atom. The molecule has 4 atom stereocenters. The third-order valence-electron chi connectivity index (χ3n) is 4.56. The fourth-order valence-electron chi connectivity index (χ4n) is 2.40. The molecule has 1 saturated heterocycles. The highest BCUT2D eigenvalue weighted by Crippen LogP contribution is 2.41. The molecule has 0 aromatic rings. The van der Waals surface area contributed by atoms with Gasteiger partial charge >= 0.3 is 0 Å². The molecule has 1 fully saturated rings. The van der Waals surface area contributed by atoms with Gasteiger partial charge in [-0.25, -0.2) is 0 Å². The van der Waals surface area contributed by atoms with E-state index in [1.165, 1.54) is 0 Å². The standard InChI is InChI=1S/C15H28O4Si/c1-14(2,3)20(6,7)19-11-9-8-10(16)12-13(11)18-15(4,5)17-12/h8-13,16H,1-7H3/t10-,11+,12+,13-/m0/s1. The number of aliphatic hydroxyl groups is 1. The maximum atomic E-state index is 10.1. The molecule has 0 bridgehead atoms. The van der Waals surface area contributed by atoms with Gasteiger partial charge in [-0.3, -0.25) is 0 Å². The lowest BCUT2D eigenvalue weighted by Gasteiger charge is -2.41. The van der Waals surface area contributed by atoms with Gasteiger partial charge in [0.25, 0.3) is 0 Å². The summed E-state index contributed by atoms with van der Waals surface area (Å²) in [5.74, 6) is -0.669. The summed E-state index contributed by atoms with van der Waals surface area (Å²) in [6.45, 7) is 14.8. The van der Waals surface area contributed by atoms with Gasteiger partial charge in [-0.1, -0.05) is 32.9 Å². The SMILES string of the molecule is CC1(C)O[C@@H]2[C@H](O1)[C@@H](O)C=C[C@H]2O[Si](C)(C)C(C)(C)C. The summed E-state index contributed by atoms with van der Waals surface area (Å²) in [7, 11) is -1.89. The van der Waals surface area contributed by atoms with E-state index < -0.39 is 20.2 Å². The van der Waals surface area contributed by atoms with Crippen LogP contribution in [0.5, 0.6) is 0 Å². The first-order chi connectivity index (χ1) is 8.93. The zero-order chi connectivity index (χ0) is 15.3. The van der Waals surface area contributed by atoms with Crippen LogP contribution >= 0.6 is 0 Å². The second kappa shape index (κ2) is 4.92. The molecule has 1 aliphatic heterocycles. The van der Waals surface area contributed by atoms with Crippen molar-refractivity contribution in [1.82, 2.24) is 0 Å². The zero-order valence-electron chi connectivity index (χ0n) is 13.6. The van der Waals surface area contributed by atoms with E-state index in [9.17, 15) is 5.11 Å². The maximum Gasteiger partial charge on any atom is 0.193 e. The van der Waals surface area contributed by atoms with E-state index in [4.69, 9.17) is 13.9 Å². The number of ether oxygens (including phenoxy) is 2. The van der Waals surface area contributed by atoms with Crippen molar-refractivity contribution in [3.8, 4) is 0 Å². The average Bonchev–Trinajstić information content (AvgIpc) is 2.57. The smallest absolute Gasteiger partial charge is 0.193 e. The average molecular weight is 300 g/mol. The molecule has 2 aliphatic rings. The van der Waals surface area contributed by atoms with Crippen LogP contribution in [0, 0.1) is 0 Å². The second-order valence-corrected chi connectivity index (χ2v) is 12.5. The molecule has 0 unspecified atom stereocenters. The topological polar surface area (TPSA) is 47.9 Å². The molecule has 1 N–H and O–H groups in total. The van der Waals surface area contributed by atoms with Crippen molar-refractivity contribution >= 4 is 8.32 Å². The van der Waals surface area contributed by atoms with Gasteiger partial charge < -0.3 is 19.0 Å². The molecule has 116 valence electrons. The number of aliphatic hydroxyl groups excluding tert-OH is 1. The fourth-order valence-corrected chi connectivity index (χ4v) is 3.65. The molecule has 0 aromatic heterocycles. The molecule has 0 amide bonds. The van der Waals surface area contributed by atoms with E-state index >= 15 is 0 Å². The minimum absolute atomic E-state index is 0.140. The van der Waals surface area contributed by atoms with Crippen LogP contribution in [0.3, 0.4) is 0 Å². The zero-order valence-corrected chi connectivity index (χ0v) is 14.6. The van der Waals surface area contributed by atoms with Crippen molar-refractivity contribution in [2.75, 3.05) is 0 Å². The number of fused-ring (bicyclic) bond motifs is 1. The highest BCUT2D eigenvalue weighted by Gasteiger charge is 2.51. The third-order valence-corrected chi connectivity index (χ3v) is 9.03. The molecule has 20 heavy (non-hydrogen) atoms. The van der Waals surface area contributed by atoms with Crippen molar-refractivity contribution in [3.63, 3.8) is 0 Å². The van der Waals surface area contributed by atoms with Gasteiger partial charge in [0.2, 0.25) is 0 Å². The van der Waals surface area contributed by atoms with Gasteiger partial charge in [0.15, 0.2) is 14.1 Å². The molecule has 1 heterocycles. The lowest BCUT2D eigenvalue weighted by atomic mass is 9.96. The highest BCUT2D eigenvalue weighted by molar-refractivity contribution is 6.74. The molecule has 0 saturated carbocycles. The van der Waals surface area contributed by atoms with Crippen molar-refractivity contribution < 1.29 is 19.0 Å². The molecule has 2 rings (SSSR count). The van der Waals surface area contributed by atoms with Crippen molar-refractivity contribution in [3.05, 3.63) is 12.2 Å². The van der Waals surface area contributed by atoms with Crippen LogP contribution in [-0.4, -0.2) is 43.6 Å². The molecule has 5 heteroatoms. The number of rotatable bonds is 2. The first-order valence-electron chi connectivity index (χ1n) is 7.33. The second-order valence-electron chi connectivity index (χ2n) is 7.78. The normalized spacial score (nSPS) is 37.0. The van der Waals surface area contributed by atoms with Gasteiger partial charge in [-0.05, 0) is 32.0 Å². The van der Waals surface area contributed by atoms with Crippen molar-refractivity contribution in [1.29, 1.82) is 0 Å². The molecule has 0 aromatic carbocycles. The van der Waals surface area contributed by atoms with Gasteiger partial charge in [0, 0.05) is 0 Å². The first-order valence-corrected chi connectivity index (χ1v) is 10.2.